The van der Waals surface area contributed by atoms with Gasteiger partial charge in [0, 0.05) is 43.4 Å². The standard InChI is InChI=1S/C20H27N5O3.HI/c1-2-21-20(24-14-17(15-26)16-6-4-3-5-7-16)23-13-12-22-18-8-10-19(11-9-18)25(27)28;/h3-11,17,22,26H,2,12-15H2,1H3,(H2,21,23,24);1H. The lowest BCUT2D eigenvalue weighted by atomic mass is 10.0. The second kappa shape index (κ2) is 13.7. The van der Waals surface area contributed by atoms with Crippen LogP contribution < -0.4 is 16.0 Å². The van der Waals surface area contributed by atoms with Gasteiger partial charge < -0.3 is 21.1 Å². The first-order chi connectivity index (χ1) is 13.6. The average Bonchev–Trinajstić information content (AvgIpc) is 2.72. The molecule has 2 aromatic rings. The van der Waals surface area contributed by atoms with Crippen LogP contribution in [0.5, 0.6) is 0 Å². The summed E-state index contributed by atoms with van der Waals surface area (Å²) in [6.45, 7) is 4.49. The van der Waals surface area contributed by atoms with Gasteiger partial charge in [-0.1, -0.05) is 30.3 Å². The lowest BCUT2D eigenvalue weighted by Gasteiger charge is -2.15. The molecule has 0 aromatic heterocycles. The number of halogens is 1. The minimum absolute atomic E-state index is 0. The van der Waals surface area contributed by atoms with E-state index in [9.17, 15) is 15.2 Å². The molecule has 2 rings (SSSR count). The highest BCUT2D eigenvalue weighted by Gasteiger charge is 2.10. The normalized spacial score (nSPS) is 11.9. The number of rotatable bonds is 10. The summed E-state index contributed by atoms with van der Waals surface area (Å²) in [6.07, 6.45) is 0. The van der Waals surface area contributed by atoms with Gasteiger partial charge in [-0.2, -0.15) is 0 Å². The van der Waals surface area contributed by atoms with Gasteiger partial charge in [0.1, 0.15) is 0 Å². The van der Waals surface area contributed by atoms with Crippen LogP contribution in [0, 0.1) is 10.1 Å². The highest BCUT2D eigenvalue weighted by atomic mass is 127. The molecule has 8 nitrogen and oxygen atoms in total. The molecule has 0 aliphatic carbocycles. The molecule has 0 bridgehead atoms. The summed E-state index contributed by atoms with van der Waals surface area (Å²) < 4.78 is 0. The summed E-state index contributed by atoms with van der Waals surface area (Å²) >= 11 is 0. The quantitative estimate of drug-likeness (QED) is 0.0971. The zero-order chi connectivity index (χ0) is 20.2. The fourth-order valence-corrected chi connectivity index (χ4v) is 2.63. The molecule has 1 unspecified atom stereocenters. The molecule has 0 radical (unpaired) electrons. The molecule has 4 N–H and O–H groups in total. The van der Waals surface area contributed by atoms with Crippen LogP contribution in [0.2, 0.25) is 0 Å². The predicted molar refractivity (Wildman–Crippen MR) is 127 cm³/mol. The summed E-state index contributed by atoms with van der Waals surface area (Å²) in [6, 6.07) is 16.1. The van der Waals surface area contributed by atoms with Crippen molar-refractivity contribution in [2.75, 3.05) is 38.1 Å². The number of anilines is 1. The molecule has 2 aromatic carbocycles. The monoisotopic (exact) mass is 513 g/mol. The first kappa shape index (κ1) is 24.6. The number of hydrogen-bond acceptors (Lipinski definition) is 5. The van der Waals surface area contributed by atoms with Crippen LogP contribution in [-0.4, -0.2) is 48.8 Å². The van der Waals surface area contributed by atoms with E-state index in [1.807, 2.05) is 37.3 Å². The highest BCUT2D eigenvalue weighted by molar-refractivity contribution is 14.0. The Balaban J connectivity index is 0.00000420. The van der Waals surface area contributed by atoms with E-state index in [1.165, 1.54) is 12.1 Å². The Morgan fingerprint density at radius 3 is 2.38 bits per heavy atom. The van der Waals surface area contributed by atoms with E-state index in [2.05, 4.69) is 20.9 Å². The Bertz CT molecular complexity index is 756. The zero-order valence-electron chi connectivity index (χ0n) is 16.4. The first-order valence-corrected chi connectivity index (χ1v) is 9.30. The average molecular weight is 513 g/mol. The summed E-state index contributed by atoms with van der Waals surface area (Å²) in [5.74, 6) is 0.636. The van der Waals surface area contributed by atoms with Crippen LogP contribution in [0.25, 0.3) is 0 Å². The van der Waals surface area contributed by atoms with Crippen molar-refractivity contribution in [1.29, 1.82) is 0 Å². The Morgan fingerprint density at radius 1 is 1.10 bits per heavy atom. The Hall–Kier alpha value is -2.40. The number of aliphatic hydroxyl groups excluding tert-OH is 1. The summed E-state index contributed by atoms with van der Waals surface area (Å²) in [5, 5.41) is 30.0. The summed E-state index contributed by atoms with van der Waals surface area (Å²) in [5.41, 5.74) is 1.95. The predicted octanol–water partition coefficient (Wildman–Crippen LogP) is 2.96. The number of aliphatic hydroxyl groups is 1. The third-order valence-corrected chi connectivity index (χ3v) is 4.13. The molecule has 0 aliphatic rings. The third-order valence-electron chi connectivity index (χ3n) is 4.13. The topological polar surface area (TPSA) is 112 Å². The van der Waals surface area contributed by atoms with Crippen LogP contribution in [0.4, 0.5) is 11.4 Å². The van der Waals surface area contributed by atoms with Crippen molar-refractivity contribution in [3.05, 3.63) is 70.3 Å². The molecule has 158 valence electrons. The smallest absolute Gasteiger partial charge is 0.269 e. The van der Waals surface area contributed by atoms with Crippen molar-refractivity contribution >= 4 is 41.3 Å². The largest absolute Gasteiger partial charge is 0.396 e. The molecule has 9 heteroatoms. The number of benzene rings is 2. The molecular weight excluding hydrogens is 485 g/mol. The van der Waals surface area contributed by atoms with Crippen LogP contribution in [-0.2, 0) is 0 Å². The maximum Gasteiger partial charge on any atom is 0.269 e. The second-order valence-corrected chi connectivity index (χ2v) is 6.17. The van der Waals surface area contributed by atoms with Crippen molar-refractivity contribution in [3.8, 4) is 0 Å². The van der Waals surface area contributed by atoms with Crippen molar-refractivity contribution in [2.24, 2.45) is 4.99 Å². The summed E-state index contributed by atoms with van der Waals surface area (Å²) in [7, 11) is 0. The molecule has 0 saturated carbocycles. The Labute approximate surface area is 188 Å². The summed E-state index contributed by atoms with van der Waals surface area (Å²) in [4.78, 5) is 14.8. The van der Waals surface area contributed by atoms with Crippen molar-refractivity contribution < 1.29 is 10.0 Å². The molecular formula is C20H28IN5O3. The van der Waals surface area contributed by atoms with Gasteiger partial charge in [0.2, 0.25) is 0 Å². The fourth-order valence-electron chi connectivity index (χ4n) is 2.63. The lowest BCUT2D eigenvalue weighted by Crippen LogP contribution is -2.39. The molecule has 0 fully saturated rings. The number of hydrogen-bond donors (Lipinski definition) is 4. The maximum atomic E-state index is 10.7. The molecule has 0 spiro atoms. The van der Waals surface area contributed by atoms with Crippen LogP contribution in [0.15, 0.2) is 59.6 Å². The molecule has 0 heterocycles. The van der Waals surface area contributed by atoms with E-state index in [0.717, 1.165) is 17.8 Å². The van der Waals surface area contributed by atoms with E-state index in [1.54, 1.807) is 12.1 Å². The van der Waals surface area contributed by atoms with Gasteiger partial charge >= 0.3 is 0 Å². The molecule has 29 heavy (non-hydrogen) atoms. The van der Waals surface area contributed by atoms with Crippen molar-refractivity contribution in [1.82, 2.24) is 10.6 Å². The van der Waals surface area contributed by atoms with Crippen LogP contribution in [0.3, 0.4) is 0 Å². The number of guanidine groups is 1. The van der Waals surface area contributed by atoms with Crippen molar-refractivity contribution in [2.45, 2.75) is 12.8 Å². The molecule has 0 amide bonds. The minimum Gasteiger partial charge on any atom is -0.396 e. The maximum absolute atomic E-state index is 10.7. The molecule has 0 aliphatic heterocycles. The van der Waals surface area contributed by atoms with E-state index in [-0.39, 0.29) is 42.2 Å². The first-order valence-electron chi connectivity index (χ1n) is 9.30. The number of nitrogens with one attached hydrogen (secondary N) is 3. The van der Waals surface area contributed by atoms with Gasteiger partial charge in [-0.3, -0.25) is 15.1 Å². The van der Waals surface area contributed by atoms with Gasteiger partial charge in [-0.05, 0) is 24.6 Å². The van der Waals surface area contributed by atoms with Gasteiger partial charge in [-0.15, -0.1) is 24.0 Å². The van der Waals surface area contributed by atoms with E-state index in [0.29, 0.717) is 25.6 Å². The third kappa shape index (κ3) is 8.65. The van der Waals surface area contributed by atoms with Crippen LogP contribution >= 0.6 is 24.0 Å². The number of nitrogens with zero attached hydrogens (tertiary/aromatic N) is 2. The molecule has 0 saturated heterocycles. The highest BCUT2D eigenvalue weighted by Crippen LogP contribution is 2.15. The van der Waals surface area contributed by atoms with E-state index < -0.39 is 4.92 Å². The van der Waals surface area contributed by atoms with E-state index in [4.69, 9.17) is 0 Å². The van der Waals surface area contributed by atoms with Gasteiger partial charge in [0.15, 0.2) is 5.96 Å². The van der Waals surface area contributed by atoms with E-state index >= 15 is 0 Å². The second-order valence-electron chi connectivity index (χ2n) is 6.17. The zero-order valence-corrected chi connectivity index (χ0v) is 18.7. The lowest BCUT2D eigenvalue weighted by molar-refractivity contribution is -0.384. The van der Waals surface area contributed by atoms with Gasteiger partial charge in [0.05, 0.1) is 18.1 Å². The Morgan fingerprint density at radius 2 is 1.79 bits per heavy atom. The minimum atomic E-state index is -0.417. The van der Waals surface area contributed by atoms with Gasteiger partial charge in [-0.25, -0.2) is 0 Å². The fraction of sp³-hybridized carbons (Fsp3) is 0.350. The molecule has 1 atom stereocenters. The SMILES string of the molecule is CCNC(=NCC(CO)c1ccccc1)NCCNc1ccc([N+](=O)[O-])cc1.I. The van der Waals surface area contributed by atoms with Crippen molar-refractivity contribution in [3.63, 3.8) is 0 Å². The van der Waals surface area contributed by atoms with Gasteiger partial charge in [0.25, 0.3) is 5.69 Å². The number of nitro benzene ring substituents is 1. The number of aliphatic imine (C=N–C) groups is 1. The number of non-ortho nitro benzene ring substituents is 1. The van der Waals surface area contributed by atoms with Crippen LogP contribution in [0.1, 0.15) is 18.4 Å². The number of nitro groups is 1. The Kier molecular flexibility index (Phi) is 11.7.